The highest BCUT2D eigenvalue weighted by molar-refractivity contribution is 5.76. The maximum Gasteiger partial charge on any atom is 0.222 e. The smallest absolute Gasteiger partial charge is 0.222 e. The SMILES string of the molecule is CNCCCC(C)CCC(=O)N1CC(C)C1. The Bertz CT molecular complexity index is 212. The van der Waals surface area contributed by atoms with Gasteiger partial charge in [0.25, 0.3) is 0 Å². The van der Waals surface area contributed by atoms with Crippen LogP contribution in [0.5, 0.6) is 0 Å². The third-order valence-corrected chi connectivity index (χ3v) is 3.39. The predicted octanol–water partition coefficient (Wildman–Crippen LogP) is 1.88. The second-order valence-corrected chi connectivity index (χ2v) is 5.29. The second kappa shape index (κ2) is 6.89. The molecule has 1 rings (SSSR count). The number of likely N-dealkylation sites (tertiary alicyclic amines) is 1. The van der Waals surface area contributed by atoms with Gasteiger partial charge in [-0.3, -0.25) is 4.79 Å². The van der Waals surface area contributed by atoms with Crippen LogP contribution >= 0.6 is 0 Å². The van der Waals surface area contributed by atoms with Gasteiger partial charge in [-0.25, -0.2) is 0 Å². The van der Waals surface area contributed by atoms with Gasteiger partial charge in [0.05, 0.1) is 0 Å². The van der Waals surface area contributed by atoms with E-state index in [1.165, 1.54) is 12.8 Å². The first kappa shape index (κ1) is 13.5. The van der Waals surface area contributed by atoms with E-state index in [1.54, 1.807) is 0 Å². The lowest BCUT2D eigenvalue weighted by atomic mass is 9.97. The van der Waals surface area contributed by atoms with E-state index in [0.29, 0.717) is 11.8 Å². The van der Waals surface area contributed by atoms with Crippen LogP contribution in [0.3, 0.4) is 0 Å². The molecule has 1 fully saturated rings. The molecule has 3 nitrogen and oxygen atoms in total. The third kappa shape index (κ3) is 4.52. The van der Waals surface area contributed by atoms with E-state index < -0.39 is 0 Å². The number of rotatable bonds is 7. The molecule has 1 N–H and O–H groups in total. The first-order chi connectivity index (χ1) is 7.63. The van der Waals surface area contributed by atoms with Gasteiger partial charge in [0.2, 0.25) is 5.91 Å². The van der Waals surface area contributed by atoms with E-state index in [4.69, 9.17) is 0 Å². The minimum Gasteiger partial charge on any atom is -0.342 e. The summed E-state index contributed by atoms with van der Waals surface area (Å²) in [5, 5.41) is 3.15. The molecule has 0 radical (unpaired) electrons. The molecular weight excluding hydrogens is 200 g/mol. The number of hydrogen-bond donors (Lipinski definition) is 1. The number of nitrogens with one attached hydrogen (secondary N) is 1. The lowest BCUT2D eigenvalue weighted by molar-refractivity contribution is -0.137. The Morgan fingerprint density at radius 1 is 1.44 bits per heavy atom. The van der Waals surface area contributed by atoms with Crippen molar-refractivity contribution in [3.8, 4) is 0 Å². The molecule has 0 aromatic carbocycles. The van der Waals surface area contributed by atoms with Crippen molar-refractivity contribution < 1.29 is 4.79 Å². The second-order valence-electron chi connectivity index (χ2n) is 5.29. The summed E-state index contributed by atoms with van der Waals surface area (Å²) in [6.07, 6.45) is 4.23. The largest absolute Gasteiger partial charge is 0.342 e. The molecule has 1 atom stereocenters. The van der Waals surface area contributed by atoms with Crippen molar-refractivity contribution in [2.24, 2.45) is 11.8 Å². The maximum absolute atomic E-state index is 11.7. The fraction of sp³-hybridized carbons (Fsp3) is 0.923. The number of carbonyl (C=O) groups is 1. The van der Waals surface area contributed by atoms with Crippen molar-refractivity contribution in [1.29, 1.82) is 0 Å². The number of hydrogen-bond acceptors (Lipinski definition) is 2. The molecule has 0 aromatic heterocycles. The first-order valence-electron chi connectivity index (χ1n) is 6.55. The van der Waals surface area contributed by atoms with Crippen LogP contribution in [0.15, 0.2) is 0 Å². The number of carbonyl (C=O) groups excluding carboxylic acids is 1. The van der Waals surface area contributed by atoms with E-state index >= 15 is 0 Å². The van der Waals surface area contributed by atoms with E-state index in [-0.39, 0.29) is 0 Å². The van der Waals surface area contributed by atoms with Gasteiger partial charge in [-0.05, 0) is 44.7 Å². The van der Waals surface area contributed by atoms with Crippen molar-refractivity contribution in [2.75, 3.05) is 26.7 Å². The molecule has 0 aliphatic carbocycles. The van der Waals surface area contributed by atoms with Crippen molar-refractivity contribution in [1.82, 2.24) is 10.2 Å². The molecule has 1 unspecified atom stereocenters. The number of nitrogens with zero attached hydrogens (tertiary/aromatic N) is 1. The highest BCUT2D eigenvalue weighted by Gasteiger charge is 2.26. The van der Waals surface area contributed by atoms with Crippen LogP contribution in [0, 0.1) is 11.8 Å². The van der Waals surface area contributed by atoms with Crippen LogP contribution in [0.25, 0.3) is 0 Å². The summed E-state index contributed by atoms with van der Waals surface area (Å²) < 4.78 is 0. The monoisotopic (exact) mass is 226 g/mol. The molecule has 0 bridgehead atoms. The van der Waals surface area contributed by atoms with Crippen molar-refractivity contribution in [3.63, 3.8) is 0 Å². The summed E-state index contributed by atoms with van der Waals surface area (Å²) >= 11 is 0. The van der Waals surface area contributed by atoms with Gasteiger partial charge >= 0.3 is 0 Å². The quantitative estimate of drug-likeness (QED) is 0.672. The van der Waals surface area contributed by atoms with Gasteiger partial charge in [-0.2, -0.15) is 0 Å². The first-order valence-corrected chi connectivity index (χ1v) is 6.55. The highest BCUT2D eigenvalue weighted by Crippen LogP contribution is 2.18. The maximum atomic E-state index is 11.7. The van der Waals surface area contributed by atoms with Gasteiger partial charge in [-0.15, -0.1) is 0 Å². The summed E-state index contributed by atoms with van der Waals surface area (Å²) in [6.45, 7) is 7.49. The van der Waals surface area contributed by atoms with Crippen LogP contribution < -0.4 is 5.32 Å². The standard InChI is InChI=1S/C13H26N2O/c1-11(5-4-8-14-3)6-7-13(16)15-9-12(2)10-15/h11-12,14H,4-10H2,1-3H3. The minimum absolute atomic E-state index is 0.360. The Labute approximate surface area is 99.6 Å². The zero-order valence-electron chi connectivity index (χ0n) is 11.0. The van der Waals surface area contributed by atoms with Crippen LogP contribution in [0.4, 0.5) is 0 Å². The zero-order chi connectivity index (χ0) is 12.0. The average Bonchev–Trinajstić information content (AvgIpc) is 2.22. The summed E-state index contributed by atoms with van der Waals surface area (Å²) in [7, 11) is 1.99. The van der Waals surface area contributed by atoms with Gasteiger partial charge < -0.3 is 10.2 Å². The molecule has 1 aliphatic rings. The van der Waals surface area contributed by atoms with E-state index in [1.807, 2.05) is 11.9 Å². The molecule has 1 aliphatic heterocycles. The fourth-order valence-electron chi connectivity index (χ4n) is 2.20. The van der Waals surface area contributed by atoms with Gasteiger partial charge in [-0.1, -0.05) is 13.8 Å². The van der Waals surface area contributed by atoms with E-state index in [9.17, 15) is 4.79 Å². The molecule has 3 heteroatoms. The highest BCUT2D eigenvalue weighted by atomic mass is 16.2. The molecular formula is C13H26N2O. The Hall–Kier alpha value is -0.570. The Balaban J connectivity index is 2.02. The van der Waals surface area contributed by atoms with Crippen LogP contribution in [-0.4, -0.2) is 37.5 Å². The summed E-state index contributed by atoms with van der Waals surface area (Å²) in [5.41, 5.74) is 0. The molecule has 1 saturated heterocycles. The molecule has 1 amide bonds. The Kier molecular flexibility index (Phi) is 5.81. The van der Waals surface area contributed by atoms with Gasteiger partial charge in [0.1, 0.15) is 0 Å². The fourth-order valence-corrected chi connectivity index (χ4v) is 2.20. The van der Waals surface area contributed by atoms with Crippen molar-refractivity contribution >= 4 is 5.91 Å². The Morgan fingerprint density at radius 2 is 2.12 bits per heavy atom. The van der Waals surface area contributed by atoms with E-state index in [2.05, 4.69) is 19.2 Å². The summed E-state index contributed by atoms with van der Waals surface area (Å²) in [5.74, 6) is 1.76. The molecule has 0 saturated carbocycles. The van der Waals surface area contributed by atoms with Gasteiger partial charge in [0, 0.05) is 19.5 Å². The van der Waals surface area contributed by atoms with Crippen molar-refractivity contribution in [3.05, 3.63) is 0 Å². The summed E-state index contributed by atoms with van der Waals surface area (Å²) in [4.78, 5) is 13.7. The van der Waals surface area contributed by atoms with Crippen LogP contribution in [-0.2, 0) is 4.79 Å². The molecule has 94 valence electrons. The predicted molar refractivity (Wildman–Crippen MR) is 67.3 cm³/mol. The van der Waals surface area contributed by atoms with Crippen LogP contribution in [0.1, 0.15) is 39.5 Å². The number of amides is 1. The molecule has 0 aromatic rings. The lowest BCUT2D eigenvalue weighted by Gasteiger charge is -2.37. The minimum atomic E-state index is 0.360. The molecule has 0 spiro atoms. The lowest BCUT2D eigenvalue weighted by Crippen LogP contribution is -2.48. The van der Waals surface area contributed by atoms with Crippen LogP contribution in [0.2, 0.25) is 0 Å². The normalized spacial score (nSPS) is 18.3. The molecule has 16 heavy (non-hydrogen) atoms. The third-order valence-electron chi connectivity index (χ3n) is 3.39. The van der Waals surface area contributed by atoms with Gasteiger partial charge in [0.15, 0.2) is 0 Å². The average molecular weight is 226 g/mol. The van der Waals surface area contributed by atoms with E-state index in [0.717, 1.165) is 38.4 Å². The van der Waals surface area contributed by atoms with Crippen molar-refractivity contribution in [2.45, 2.75) is 39.5 Å². The Morgan fingerprint density at radius 3 is 2.69 bits per heavy atom. The summed E-state index contributed by atoms with van der Waals surface area (Å²) in [6, 6.07) is 0. The zero-order valence-corrected chi connectivity index (χ0v) is 11.0. The topological polar surface area (TPSA) is 32.3 Å². The molecule has 1 heterocycles.